The Morgan fingerprint density at radius 3 is 1.08 bits per heavy atom. The number of hydrogen-bond acceptors (Lipinski definition) is 5. The van der Waals surface area contributed by atoms with E-state index in [4.69, 9.17) is 9.47 Å². The smallest absolute Gasteiger partial charge is 0.306 e. The third-order valence-electron chi connectivity index (χ3n) is 11.5. The van der Waals surface area contributed by atoms with Crippen LogP contribution in [-0.4, -0.2) is 36.4 Å². The van der Waals surface area contributed by atoms with Crippen LogP contribution in [0, 0.1) is 0 Å². The number of carbonyl (C=O) groups is 2. The average molecular weight is 853 g/mol. The number of esters is 2. The summed E-state index contributed by atoms with van der Waals surface area (Å²) in [6.07, 6.45) is 69.3. The molecule has 1 N–H and O–H groups in total. The van der Waals surface area contributed by atoms with E-state index in [9.17, 15) is 14.7 Å². The third-order valence-corrected chi connectivity index (χ3v) is 11.5. The van der Waals surface area contributed by atoms with Crippen LogP contribution in [0.25, 0.3) is 0 Å². The van der Waals surface area contributed by atoms with E-state index >= 15 is 0 Å². The molecule has 0 spiro atoms. The molecule has 0 aliphatic heterocycles. The van der Waals surface area contributed by atoms with Gasteiger partial charge in [0.25, 0.3) is 0 Å². The van der Waals surface area contributed by atoms with Crippen LogP contribution in [-0.2, 0) is 19.1 Å². The zero-order chi connectivity index (χ0) is 44.2. The first-order valence-electron chi connectivity index (χ1n) is 26.3. The highest BCUT2D eigenvalue weighted by Gasteiger charge is 2.16. The van der Waals surface area contributed by atoms with Crippen LogP contribution in [0.4, 0.5) is 0 Å². The third kappa shape index (κ3) is 50.1. The number of unbranched alkanes of at least 4 members (excludes halogenated alkanes) is 30. The van der Waals surface area contributed by atoms with Gasteiger partial charge in [-0.1, -0.05) is 242 Å². The minimum atomic E-state index is -0.772. The molecule has 354 valence electrons. The molecule has 0 amide bonds. The molecule has 0 radical (unpaired) electrons. The molecule has 5 nitrogen and oxygen atoms in total. The standard InChI is InChI=1S/C56H100O5/c1-3-5-7-9-11-13-15-16-17-18-19-20-21-22-23-24-25-26-27-28-29-30-31-32-33-34-35-36-37-38-39-40-41-43-45-47-49-51-56(59)61-54(52-57)53-60-55(58)50-48-46-44-42-14-12-10-8-6-4-2/h5,7-8,10-11,13,16-17,19-20,54,57H,3-4,6,9,12,14-15,18,21-53H2,1-2H3/b7-5-,10-8-,13-11-,17-16-,20-19-. The Hall–Kier alpha value is -2.40. The lowest BCUT2D eigenvalue weighted by Gasteiger charge is -2.15. The molecular formula is C56H100O5. The summed E-state index contributed by atoms with van der Waals surface area (Å²) < 4.78 is 10.6. The van der Waals surface area contributed by atoms with Gasteiger partial charge >= 0.3 is 11.9 Å². The molecule has 0 aromatic heterocycles. The molecule has 0 bridgehead atoms. The normalized spacial score (nSPS) is 12.6. The summed E-state index contributed by atoms with van der Waals surface area (Å²) in [7, 11) is 0. The molecule has 0 rings (SSSR count). The molecule has 0 saturated carbocycles. The van der Waals surface area contributed by atoms with Crippen LogP contribution in [0.15, 0.2) is 60.8 Å². The van der Waals surface area contributed by atoms with Crippen molar-refractivity contribution in [2.45, 2.75) is 270 Å². The van der Waals surface area contributed by atoms with Crippen LogP contribution in [0.1, 0.15) is 264 Å². The Bertz CT molecular complexity index is 1060. The SMILES string of the molecule is CC/C=C\C/C=C\C/C=C\C/C=C\CCCCCCCCCCCCCCCCCCCCCCCCCCC(=O)OC(CO)COC(=O)CCCCCCC/C=C\CCC. The maximum atomic E-state index is 12.2. The number of carbonyl (C=O) groups excluding carboxylic acids is 2. The molecule has 0 aliphatic carbocycles. The van der Waals surface area contributed by atoms with E-state index in [0.717, 1.165) is 77.0 Å². The molecule has 0 aromatic carbocycles. The largest absolute Gasteiger partial charge is 0.462 e. The van der Waals surface area contributed by atoms with Crippen molar-refractivity contribution in [2.75, 3.05) is 13.2 Å². The average Bonchev–Trinajstić information content (AvgIpc) is 3.26. The van der Waals surface area contributed by atoms with Crippen molar-refractivity contribution in [3.63, 3.8) is 0 Å². The molecular weight excluding hydrogens is 753 g/mol. The highest BCUT2D eigenvalue weighted by atomic mass is 16.6. The van der Waals surface area contributed by atoms with Crippen molar-refractivity contribution in [3.8, 4) is 0 Å². The van der Waals surface area contributed by atoms with Gasteiger partial charge in [0, 0.05) is 12.8 Å². The zero-order valence-electron chi connectivity index (χ0n) is 40.4. The number of hydrogen-bond donors (Lipinski definition) is 1. The van der Waals surface area contributed by atoms with Gasteiger partial charge in [0.2, 0.25) is 0 Å². The summed E-state index contributed by atoms with van der Waals surface area (Å²) >= 11 is 0. The lowest BCUT2D eigenvalue weighted by molar-refractivity contribution is -0.161. The van der Waals surface area contributed by atoms with Gasteiger partial charge < -0.3 is 14.6 Å². The second-order valence-corrected chi connectivity index (χ2v) is 17.6. The van der Waals surface area contributed by atoms with Gasteiger partial charge in [0.05, 0.1) is 6.61 Å². The van der Waals surface area contributed by atoms with Gasteiger partial charge in [0.1, 0.15) is 6.61 Å². The fourth-order valence-corrected chi connectivity index (χ4v) is 7.61. The van der Waals surface area contributed by atoms with Gasteiger partial charge in [-0.25, -0.2) is 0 Å². The summed E-state index contributed by atoms with van der Waals surface area (Å²) in [6.45, 7) is 3.97. The van der Waals surface area contributed by atoms with E-state index in [0.29, 0.717) is 12.8 Å². The van der Waals surface area contributed by atoms with E-state index < -0.39 is 6.10 Å². The summed E-state index contributed by atoms with van der Waals surface area (Å²) in [5.41, 5.74) is 0. The second-order valence-electron chi connectivity index (χ2n) is 17.6. The minimum Gasteiger partial charge on any atom is -0.462 e. The molecule has 5 heteroatoms. The Morgan fingerprint density at radius 2 is 0.705 bits per heavy atom. The lowest BCUT2D eigenvalue weighted by Crippen LogP contribution is -2.28. The first-order valence-corrected chi connectivity index (χ1v) is 26.3. The van der Waals surface area contributed by atoms with E-state index in [-0.39, 0.29) is 25.2 Å². The highest BCUT2D eigenvalue weighted by Crippen LogP contribution is 2.17. The number of allylic oxidation sites excluding steroid dienone is 10. The van der Waals surface area contributed by atoms with Crippen molar-refractivity contribution in [1.82, 2.24) is 0 Å². The predicted octanol–water partition coefficient (Wildman–Crippen LogP) is 17.5. The van der Waals surface area contributed by atoms with Crippen LogP contribution >= 0.6 is 0 Å². The molecule has 1 unspecified atom stereocenters. The fourth-order valence-electron chi connectivity index (χ4n) is 7.61. The van der Waals surface area contributed by atoms with Crippen molar-refractivity contribution in [3.05, 3.63) is 60.8 Å². The van der Waals surface area contributed by atoms with Crippen LogP contribution in [0.3, 0.4) is 0 Å². The van der Waals surface area contributed by atoms with E-state index in [1.165, 1.54) is 161 Å². The Labute approximate surface area is 379 Å². The Kier molecular flexibility index (Phi) is 49.9. The van der Waals surface area contributed by atoms with Crippen molar-refractivity contribution < 1.29 is 24.2 Å². The van der Waals surface area contributed by atoms with Gasteiger partial charge in [0.15, 0.2) is 6.10 Å². The number of aliphatic hydroxyl groups is 1. The maximum Gasteiger partial charge on any atom is 0.306 e. The monoisotopic (exact) mass is 853 g/mol. The summed E-state index contributed by atoms with van der Waals surface area (Å²) in [5.74, 6) is -0.595. The van der Waals surface area contributed by atoms with Gasteiger partial charge in [-0.15, -0.1) is 0 Å². The Morgan fingerprint density at radius 1 is 0.393 bits per heavy atom. The highest BCUT2D eigenvalue weighted by molar-refractivity contribution is 5.70. The Balaban J connectivity index is 3.37. The van der Waals surface area contributed by atoms with Crippen LogP contribution in [0.2, 0.25) is 0 Å². The summed E-state index contributed by atoms with van der Waals surface area (Å²) in [5, 5.41) is 9.58. The first kappa shape index (κ1) is 58.6. The van der Waals surface area contributed by atoms with E-state index in [1.807, 2.05) is 0 Å². The molecule has 1 atom stereocenters. The summed E-state index contributed by atoms with van der Waals surface area (Å²) in [4.78, 5) is 24.3. The predicted molar refractivity (Wildman–Crippen MR) is 265 cm³/mol. The van der Waals surface area contributed by atoms with Crippen molar-refractivity contribution >= 4 is 11.9 Å². The topological polar surface area (TPSA) is 72.8 Å². The number of rotatable bonds is 48. The molecule has 0 fully saturated rings. The number of aliphatic hydroxyl groups excluding tert-OH is 1. The van der Waals surface area contributed by atoms with Crippen molar-refractivity contribution in [2.24, 2.45) is 0 Å². The second kappa shape index (κ2) is 51.9. The van der Waals surface area contributed by atoms with Crippen molar-refractivity contribution in [1.29, 1.82) is 0 Å². The lowest BCUT2D eigenvalue weighted by atomic mass is 10.0. The minimum absolute atomic E-state index is 0.0678. The molecule has 0 heterocycles. The van der Waals surface area contributed by atoms with Gasteiger partial charge in [-0.05, 0) is 70.6 Å². The van der Waals surface area contributed by atoms with E-state index in [1.54, 1.807) is 0 Å². The zero-order valence-corrected chi connectivity index (χ0v) is 40.4. The quantitative estimate of drug-likeness (QED) is 0.0375. The molecule has 61 heavy (non-hydrogen) atoms. The van der Waals surface area contributed by atoms with Crippen LogP contribution in [0.5, 0.6) is 0 Å². The van der Waals surface area contributed by atoms with Gasteiger partial charge in [-0.2, -0.15) is 0 Å². The molecule has 0 aliphatic rings. The summed E-state index contributed by atoms with van der Waals surface area (Å²) in [6, 6.07) is 0. The van der Waals surface area contributed by atoms with E-state index in [2.05, 4.69) is 74.6 Å². The molecule has 0 saturated heterocycles. The molecule has 0 aromatic rings. The number of ether oxygens (including phenoxy) is 2. The maximum absolute atomic E-state index is 12.2. The van der Waals surface area contributed by atoms with Crippen LogP contribution < -0.4 is 0 Å². The first-order chi connectivity index (χ1) is 30.1. The fraction of sp³-hybridized carbons (Fsp3) is 0.786. The van der Waals surface area contributed by atoms with Gasteiger partial charge in [-0.3, -0.25) is 9.59 Å².